The normalized spacial score (nSPS) is 10.1. The highest BCUT2D eigenvalue weighted by molar-refractivity contribution is 7.80. The number of amides is 1. The Bertz CT molecular complexity index is 581. The topological polar surface area (TPSA) is 38.3 Å². The van der Waals surface area contributed by atoms with Crippen LogP contribution in [0.3, 0.4) is 0 Å². The standard InChI is InChI=1S/C16H17NO2S/c1-12-3-2-4-14(11-12)19-10-9-17-16(18)13-5-7-15(20)8-6-13/h2-8,11,20H,9-10H2,1H3,(H,17,18). The predicted octanol–water partition coefficient (Wildman–Crippen LogP) is 3.09. The van der Waals surface area contributed by atoms with Crippen molar-refractivity contribution < 1.29 is 9.53 Å². The minimum Gasteiger partial charge on any atom is -0.492 e. The third-order valence-electron chi connectivity index (χ3n) is 2.78. The third kappa shape index (κ3) is 4.31. The van der Waals surface area contributed by atoms with E-state index in [0.717, 1.165) is 16.2 Å². The Morgan fingerprint density at radius 1 is 1.20 bits per heavy atom. The van der Waals surface area contributed by atoms with Crippen molar-refractivity contribution >= 4 is 18.5 Å². The summed E-state index contributed by atoms with van der Waals surface area (Å²) < 4.78 is 5.57. The highest BCUT2D eigenvalue weighted by Crippen LogP contribution is 2.12. The largest absolute Gasteiger partial charge is 0.492 e. The fraction of sp³-hybridized carbons (Fsp3) is 0.188. The summed E-state index contributed by atoms with van der Waals surface area (Å²) >= 11 is 4.18. The van der Waals surface area contributed by atoms with Crippen molar-refractivity contribution in [2.45, 2.75) is 11.8 Å². The number of carbonyl (C=O) groups is 1. The highest BCUT2D eigenvalue weighted by Gasteiger charge is 2.04. The average molecular weight is 287 g/mol. The van der Waals surface area contributed by atoms with E-state index in [1.54, 1.807) is 24.3 Å². The van der Waals surface area contributed by atoms with Crippen LogP contribution in [-0.2, 0) is 0 Å². The van der Waals surface area contributed by atoms with E-state index in [0.29, 0.717) is 18.7 Å². The van der Waals surface area contributed by atoms with Crippen molar-refractivity contribution in [1.82, 2.24) is 5.32 Å². The number of nitrogens with one attached hydrogen (secondary N) is 1. The number of aryl methyl sites for hydroxylation is 1. The minimum absolute atomic E-state index is 0.105. The lowest BCUT2D eigenvalue weighted by Crippen LogP contribution is -2.28. The smallest absolute Gasteiger partial charge is 0.251 e. The number of rotatable bonds is 5. The van der Waals surface area contributed by atoms with Gasteiger partial charge in [0.15, 0.2) is 0 Å². The van der Waals surface area contributed by atoms with Gasteiger partial charge < -0.3 is 10.1 Å². The van der Waals surface area contributed by atoms with Gasteiger partial charge in [0.25, 0.3) is 5.91 Å². The molecule has 0 aromatic heterocycles. The molecular weight excluding hydrogens is 270 g/mol. The van der Waals surface area contributed by atoms with E-state index in [9.17, 15) is 4.79 Å². The Labute approximate surface area is 124 Å². The first kappa shape index (κ1) is 14.5. The van der Waals surface area contributed by atoms with E-state index >= 15 is 0 Å². The molecule has 2 aromatic rings. The predicted molar refractivity (Wildman–Crippen MR) is 82.7 cm³/mol. The Kier molecular flexibility index (Phi) is 5.07. The maximum Gasteiger partial charge on any atom is 0.251 e. The first-order chi connectivity index (χ1) is 9.65. The number of ether oxygens (including phenoxy) is 1. The Morgan fingerprint density at radius 2 is 1.95 bits per heavy atom. The van der Waals surface area contributed by atoms with Gasteiger partial charge in [-0.15, -0.1) is 12.6 Å². The summed E-state index contributed by atoms with van der Waals surface area (Å²) in [5, 5.41) is 2.81. The number of hydrogen-bond acceptors (Lipinski definition) is 3. The molecule has 20 heavy (non-hydrogen) atoms. The minimum atomic E-state index is -0.105. The molecule has 1 amide bonds. The fourth-order valence-electron chi connectivity index (χ4n) is 1.75. The van der Waals surface area contributed by atoms with Gasteiger partial charge in [0.1, 0.15) is 12.4 Å². The van der Waals surface area contributed by atoms with Crippen molar-refractivity contribution in [2.75, 3.05) is 13.2 Å². The fourth-order valence-corrected chi connectivity index (χ4v) is 1.90. The van der Waals surface area contributed by atoms with Gasteiger partial charge in [-0.1, -0.05) is 12.1 Å². The van der Waals surface area contributed by atoms with Gasteiger partial charge in [0.2, 0.25) is 0 Å². The highest BCUT2D eigenvalue weighted by atomic mass is 32.1. The van der Waals surface area contributed by atoms with Gasteiger partial charge in [-0.25, -0.2) is 0 Å². The molecule has 0 bridgehead atoms. The van der Waals surface area contributed by atoms with Crippen LogP contribution in [0.25, 0.3) is 0 Å². The first-order valence-corrected chi connectivity index (χ1v) is 6.86. The van der Waals surface area contributed by atoms with Gasteiger partial charge in [-0.05, 0) is 48.9 Å². The molecule has 1 N–H and O–H groups in total. The van der Waals surface area contributed by atoms with E-state index in [1.165, 1.54) is 0 Å². The number of thiol groups is 1. The van der Waals surface area contributed by atoms with E-state index in [-0.39, 0.29) is 5.91 Å². The second kappa shape index (κ2) is 7.01. The van der Waals surface area contributed by atoms with Crippen molar-refractivity contribution in [3.8, 4) is 5.75 Å². The summed E-state index contributed by atoms with van der Waals surface area (Å²) in [4.78, 5) is 12.7. The number of carbonyl (C=O) groups excluding carboxylic acids is 1. The molecule has 2 rings (SSSR count). The molecule has 4 heteroatoms. The molecule has 0 aliphatic carbocycles. The van der Waals surface area contributed by atoms with Crippen LogP contribution in [0.15, 0.2) is 53.4 Å². The first-order valence-electron chi connectivity index (χ1n) is 6.42. The van der Waals surface area contributed by atoms with Crippen LogP contribution < -0.4 is 10.1 Å². The molecule has 0 saturated heterocycles. The summed E-state index contributed by atoms with van der Waals surface area (Å²) in [5.74, 6) is 0.713. The van der Waals surface area contributed by atoms with Gasteiger partial charge >= 0.3 is 0 Å². The van der Waals surface area contributed by atoms with Crippen LogP contribution in [-0.4, -0.2) is 19.1 Å². The van der Waals surface area contributed by atoms with Crippen molar-refractivity contribution in [1.29, 1.82) is 0 Å². The SMILES string of the molecule is Cc1cccc(OCCNC(=O)c2ccc(S)cc2)c1. The van der Waals surface area contributed by atoms with Crippen LogP contribution in [0.2, 0.25) is 0 Å². The van der Waals surface area contributed by atoms with E-state index in [2.05, 4.69) is 17.9 Å². The lowest BCUT2D eigenvalue weighted by Gasteiger charge is -2.08. The van der Waals surface area contributed by atoms with E-state index in [4.69, 9.17) is 4.74 Å². The average Bonchev–Trinajstić information content (AvgIpc) is 2.44. The molecule has 0 unspecified atom stereocenters. The molecule has 0 aliphatic heterocycles. The molecule has 0 radical (unpaired) electrons. The summed E-state index contributed by atoms with van der Waals surface area (Å²) in [6, 6.07) is 14.9. The van der Waals surface area contributed by atoms with Crippen LogP contribution in [0.1, 0.15) is 15.9 Å². The van der Waals surface area contributed by atoms with E-state index in [1.807, 2.05) is 31.2 Å². The monoisotopic (exact) mass is 287 g/mol. The second-order valence-electron chi connectivity index (χ2n) is 4.47. The van der Waals surface area contributed by atoms with Crippen molar-refractivity contribution in [3.63, 3.8) is 0 Å². The van der Waals surface area contributed by atoms with Crippen molar-refractivity contribution in [2.24, 2.45) is 0 Å². The zero-order chi connectivity index (χ0) is 14.4. The number of benzene rings is 2. The summed E-state index contributed by atoms with van der Waals surface area (Å²) in [6.45, 7) is 2.93. The zero-order valence-electron chi connectivity index (χ0n) is 11.3. The zero-order valence-corrected chi connectivity index (χ0v) is 12.2. The maximum absolute atomic E-state index is 11.8. The lowest BCUT2D eigenvalue weighted by atomic mass is 10.2. The van der Waals surface area contributed by atoms with Gasteiger partial charge in [0, 0.05) is 10.5 Å². The van der Waals surface area contributed by atoms with Crippen LogP contribution in [0, 0.1) is 6.92 Å². The molecule has 0 aliphatic rings. The molecule has 2 aromatic carbocycles. The summed E-state index contributed by atoms with van der Waals surface area (Å²) in [5.41, 5.74) is 1.77. The van der Waals surface area contributed by atoms with Gasteiger partial charge in [-0.2, -0.15) is 0 Å². The second-order valence-corrected chi connectivity index (χ2v) is 4.98. The summed E-state index contributed by atoms with van der Waals surface area (Å²) in [7, 11) is 0. The Hall–Kier alpha value is -1.94. The molecular formula is C16H17NO2S. The van der Waals surface area contributed by atoms with Crippen molar-refractivity contribution in [3.05, 3.63) is 59.7 Å². The molecule has 0 fully saturated rings. The quantitative estimate of drug-likeness (QED) is 0.655. The van der Waals surface area contributed by atoms with E-state index < -0.39 is 0 Å². The Morgan fingerprint density at radius 3 is 2.65 bits per heavy atom. The molecule has 0 saturated carbocycles. The van der Waals surface area contributed by atoms with Crippen LogP contribution in [0.4, 0.5) is 0 Å². The lowest BCUT2D eigenvalue weighted by molar-refractivity contribution is 0.0947. The van der Waals surface area contributed by atoms with Crippen LogP contribution >= 0.6 is 12.6 Å². The molecule has 3 nitrogen and oxygen atoms in total. The van der Waals surface area contributed by atoms with Gasteiger partial charge in [0.05, 0.1) is 6.54 Å². The number of hydrogen-bond donors (Lipinski definition) is 2. The molecule has 0 heterocycles. The third-order valence-corrected chi connectivity index (χ3v) is 3.07. The molecule has 104 valence electrons. The summed E-state index contributed by atoms with van der Waals surface area (Å²) in [6.07, 6.45) is 0. The van der Waals surface area contributed by atoms with Crippen LogP contribution in [0.5, 0.6) is 5.75 Å². The molecule has 0 atom stereocenters. The maximum atomic E-state index is 11.8. The Balaban J connectivity index is 1.76. The van der Waals surface area contributed by atoms with Gasteiger partial charge in [-0.3, -0.25) is 4.79 Å². The molecule has 0 spiro atoms.